The maximum atomic E-state index is 12.7. The quantitative estimate of drug-likeness (QED) is 0.814. The first-order valence-corrected chi connectivity index (χ1v) is 10.0. The molecule has 152 valence electrons. The molecule has 4 heterocycles. The molecule has 2 atom stereocenters. The van der Waals surface area contributed by atoms with Gasteiger partial charge in [-0.2, -0.15) is 0 Å². The fourth-order valence-electron chi connectivity index (χ4n) is 4.34. The van der Waals surface area contributed by atoms with Gasteiger partial charge in [0, 0.05) is 30.6 Å². The maximum absolute atomic E-state index is 12.7. The molecule has 2 aromatic rings. The van der Waals surface area contributed by atoms with E-state index in [0.717, 1.165) is 25.9 Å². The topological polar surface area (TPSA) is 83.6 Å². The summed E-state index contributed by atoms with van der Waals surface area (Å²) >= 11 is 0. The lowest BCUT2D eigenvalue weighted by Crippen LogP contribution is -2.62. The number of aromatic nitrogens is 1. The lowest BCUT2D eigenvalue weighted by Gasteiger charge is -2.49. The summed E-state index contributed by atoms with van der Waals surface area (Å²) < 4.78 is 5.79. The Bertz CT molecular complexity index is 889. The van der Waals surface area contributed by atoms with Crippen LogP contribution in [0, 0.1) is 5.92 Å². The summed E-state index contributed by atoms with van der Waals surface area (Å²) in [7, 11) is 0. The number of ether oxygens (including phenoxy) is 1. The van der Waals surface area contributed by atoms with Crippen LogP contribution in [-0.2, 0) is 4.79 Å². The minimum atomic E-state index is -0.170. The molecule has 2 N–H and O–H groups in total. The van der Waals surface area contributed by atoms with Crippen LogP contribution in [0.4, 0.5) is 5.69 Å². The number of hydrogen-bond donors (Lipinski definition) is 2. The van der Waals surface area contributed by atoms with E-state index in [2.05, 4.69) is 27.4 Å². The lowest BCUT2D eigenvalue weighted by atomic mass is 9.79. The molecule has 1 aromatic heterocycles. The summed E-state index contributed by atoms with van der Waals surface area (Å²) in [5.74, 6) is 1.46. The third-order valence-corrected chi connectivity index (χ3v) is 5.86. The molecule has 5 rings (SSSR count). The second-order valence-corrected chi connectivity index (χ2v) is 7.83. The first-order valence-electron chi connectivity index (χ1n) is 10.0. The molecule has 3 saturated heterocycles. The summed E-state index contributed by atoms with van der Waals surface area (Å²) in [6.45, 7) is 5.93. The monoisotopic (exact) mass is 394 g/mol. The van der Waals surface area contributed by atoms with E-state index >= 15 is 0 Å². The van der Waals surface area contributed by atoms with Crippen molar-refractivity contribution in [1.82, 2.24) is 15.2 Å². The van der Waals surface area contributed by atoms with Crippen molar-refractivity contribution >= 4 is 17.5 Å². The van der Waals surface area contributed by atoms with Crippen molar-refractivity contribution in [2.24, 2.45) is 5.92 Å². The number of benzene rings is 1. The molecular weight excluding hydrogens is 368 g/mol. The van der Waals surface area contributed by atoms with Crippen LogP contribution < -0.4 is 15.4 Å². The summed E-state index contributed by atoms with van der Waals surface area (Å²) in [4.78, 5) is 30.4. The Balaban J connectivity index is 1.39. The Morgan fingerprint density at radius 2 is 1.83 bits per heavy atom. The molecule has 2 bridgehead atoms. The molecule has 3 aliphatic rings. The van der Waals surface area contributed by atoms with Crippen LogP contribution in [0.25, 0.3) is 0 Å². The number of carbonyl (C=O) groups excluding carboxylic acids is 2. The number of pyridine rings is 1. The summed E-state index contributed by atoms with van der Waals surface area (Å²) in [6, 6.07) is 9.36. The molecular formula is C22H26N4O3. The highest BCUT2D eigenvalue weighted by Crippen LogP contribution is 2.32. The van der Waals surface area contributed by atoms with Crippen molar-refractivity contribution in [1.29, 1.82) is 0 Å². The van der Waals surface area contributed by atoms with Crippen LogP contribution in [0.3, 0.4) is 0 Å². The normalized spacial score (nSPS) is 25.3. The standard InChI is InChI=1S/C22H26N4O3/c1-14-21(16-7-9-26(14)10-8-16)25-22(28)17-3-5-19(6-4-17)29-20-11-18(12-23-13-20)24-15(2)27/h3-6,11-14,16,21H,7-10H2,1-2H3,(H,24,27)(H,25,28). The Morgan fingerprint density at radius 3 is 2.48 bits per heavy atom. The van der Waals surface area contributed by atoms with Gasteiger partial charge in [0.1, 0.15) is 11.5 Å². The van der Waals surface area contributed by atoms with Crippen LogP contribution in [0.2, 0.25) is 0 Å². The highest BCUT2D eigenvalue weighted by atomic mass is 16.5. The minimum Gasteiger partial charge on any atom is -0.456 e. The van der Waals surface area contributed by atoms with E-state index in [1.807, 2.05) is 0 Å². The first kappa shape index (κ1) is 19.4. The van der Waals surface area contributed by atoms with Crippen LogP contribution in [-0.4, -0.2) is 46.9 Å². The number of rotatable bonds is 5. The largest absolute Gasteiger partial charge is 0.456 e. The number of anilines is 1. The molecule has 29 heavy (non-hydrogen) atoms. The molecule has 1 aromatic carbocycles. The Morgan fingerprint density at radius 1 is 1.10 bits per heavy atom. The molecule has 0 saturated carbocycles. The van der Waals surface area contributed by atoms with Gasteiger partial charge in [0.25, 0.3) is 5.91 Å². The van der Waals surface area contributed by atoms with Gasteiger partial charge >= 0.3 is 0 Å². The van der Waals surface area contributed by atoms with Gasteiger partial charge in [0.05, 0.1) is 18.1 Å². The van der Waals surface area contributed by atoms with Crippen LogP contribution in [0.1, 0.15) is 37.0 Å². The van der Waals surface area contributed by atoms with E-state index < -0.39 is 0 Å². The van der Waals surface area contributed by atoms with Crippen molar-refractivity contribution < 1.29 is 14.3 Å². The zero-order valence-corrected chi connectivity index (χ0v) is 16.7. The average molecular weight is 394 g/mol. The number of nitrogens with one attached hydrogen (secondary N) is 2. The molecule has 3 fully saturated rings. The predicted molar refractivity (Wildman–Crippen MR) is 110 cm³/mol. The maximum Gasteiger partial charge on any atom is 0.251 e. The number of hydrogen-bond acceptors (Lipinski definition) is 5. The number of nitrogens with zero attached hydrogens (tertiary/aromatic N) is 2. The average Bonchev–Trinajstić information content (AvgIpc) is 2.71. The zero-order chi connectivity index (χ0) is 20.4. The Kier molecular flexibility index (Phi) is 5.49. The summed E-state index contributed by atoms with van der Waals surface area (Å²) in [6.07, 6.45) is 5.44. The highest BCUT2D eigenvalue weighted by Gasteiger charge is 2.40. The third-order valence-electron chi connectivity index (χ3n) is 5.86. The number of piperidine rings is 3. The molecule has 7 heteroatoms. The molecule has 0 radical (unpaired) electrons. The lowest BCUT2D eigenvalue weighted by molar-refractivity contribution is -0.114. The third kappa shape index (κ3) is 4.40. The van der Waals surface area contributed by atoms with Gasteiger partial charge in [-0.1, -0.05) is 0 Å². The van der Waals surface area contributed by atoms with E-state index in [-0.39, 0.29) is 17.9 Å². The van der Waals surface area contributed by atoms with Gasteiger partial charge in [-0.05, 0) is 63.0 Å². The van der Waals surface area contributed by atoms with Crippen molar-refractivity contribution in [3.05, 3.63) is 48.3 Å². The van der Waals surface area contributed by atoms with Crippen LogP contribution >= 0.6 is 0 Å². The second kappa shape index (κ2) is 8.21. The van der Waals surface area contributed by atoms with Crippen molar-refractivity contribution in [3.8, 4) is 11.5 Å². The number of carbonyl (C=O) groups is 2. The second-order valence-electron chi connectivity index (χ2n) is 7.83. The fraction of sp³-hybridized carbons (Fsp3) is 0.409. The Labute approximate surface area is 170 Å². The molecule has 0 aliphatic carbocycles. The van der Waals surface area contributed by atoms with Gasteiger partial charge in [-0.3, -0.25) is 19.5 Å². The van der Waals surface area contributed by atoms with Crippen molar-refractivity contribution in [2.45, 2.75) is 38.8 Å². The molecule has 2 unspecified atom stereocenters. The van der Waals surface area contributed by atoms with Crippen LogP contribution in [0.15, 0.2) is 42.7 Å². The number of fused-ring (bicyclic) bond motifs is 3. The summed E-state index contributed by atoms with van der Waals surface area (Å²) in [5, 5.41) is 5.91. The van der Waals surface area contributed by atoms with Crippen LogP contribution in [0.5, 0.6) is 11.5 Å². The fourth-order valence-corrected chi connectivity index (χ4v) is 4.34. The van der Waals surface area contributed by atoms with Gasteiger partial charge in [0.15, 0.2) is 0 Å². The van der Waals surface area contributed by atoms with Crippen molar-refractivity contribution in [2.75, 3.05) is 18.4 Å². The van der Waals surface area contributed by atoms with E-state index in [1.54, 1.807) is 42.7 Å². The van der Waals surface area contributed by atoms with Gasteiger partial charge in [-0.25, -0.2) is 0 Å². The minimum absolute atomic E-state index is 0.0449. The van der Waals surface area contributed by atoms with Gasteiger partial charge < -0.3 is 15.4 Å². The van der Waals surface area contributed by atoms with E-state index in [1.165, 1.54) is 6.92 Å². The molecule has 3 aliphatic heterocycles. The first-order chi connectivity index (χ1) is 14.0. The van der Waals surface area contributed by atoms with Crippen molar-refractivity contribution in [3.63, 3.8) is 0 Å². The summed E-state index contributed by atoms with van der Waals surface area (Å²) in [5.41, 5.74) is 1.18. The Hall–Kier alpha value is -2.93. The van der Waals surface area contributed by atoms with E-state index in [0.29, 0.717) is 34.7 Å². The molecule has 7 nitrogen and oxygen atoms in total. The highest BCUT2D eigenvalue weighted by molar-refractivity contribution is 5.94. The molecule has 0 spiro atoms. The van der Waals surface area contributed by atoms with E-state index in [9.17, 15) is 9.59 Å². The predicted octanol–water partition coefficient (Wildman–Crippen LogP) is 3.04. The molecule has 2 amide bonds. The smallest absolute Gasteiger partial charge is 0.251 e. The number of amides is 2. The SMILES string of the molecule is CC(=O)Nc1cncc(Oc2ccc(C(=O)NC3C4CCN(CC4)C3C)cc2)c1. The van der Waals surface area contributed by atoms with Gasteiger partial charge in [-0.15, -0.1) is 0 Å². The zero-order valence-electron chi connectivity index (χ0n) is 16.7. The van der Waals surface area contributed by atoms with E-state index in [4.69, 9.17) is 4.74 Å². The van der Waals surface area contributed by atoms with Gasteiger partial charge in [0.2, 0.25) is 5.91 Å².